The molecule has 0 aliphatic carbocycles. The standard InChI is InChI=1S/C19H30N2O3/c1-14(2)7-9-24-18-10-15(3)4-5-17(18)11-20-19(23)21-8-6-16(12-21)13-22/h4-5,10,14,16,22H,6-9,11-13H2,1-3H3,(H,20,23). The van der Waals surface area contributed by atoms with E-state index in [1.807, 2.05) is 25.1 Å². The number of aryl methyl sites for hydroxylation is 1. The number of carbonyl (C=O) groups excluding carboxylic acids is 1. The first-order chi connectivity index (χ1) is 11.5. The molecule has 2 rings (SSSR count). The summed E-state index contributed by atoms with van der Waals surface area (Å²) in [5.74, 6) is 1.67. The number of hydrogen-bond acceptors (Lipinski definition) is 3. The number of carbonyl (C=O) groups is 1. The lowest BCUT2D eigenvalue weighted by atomic mass is 10.1. The first-order valence-corrected chi connectivity index (χ1v) is 8.85. The molecule has 1 unspecified atom stereocenters. The molecule has 1 aromatic rings. The number of amides is 2. The summed E-state index contributed by atoms with van der Waals surface area (Å²) in [7, 11) is 0. The summed E-state index contributed by atoms with van der Waals surface area (Å²) < 4.78 is 5.92. The van der Waals surface area contributed by atoms with Crippen molar-refractivity contribution >= 4 is 6.03 Å². The maximum absolute atomic E-state index is 12.3. The van der Waals surface area contributed by atoms with E-state index >= 15 is 0 Å². The van der Waals surface area contributed by atoms with Crippen LogP contribution in [-0.2, 0) is 6.54 Å². The number of nitrogens with zero attached hydrogens (tertiary/aromatic N) is 1. The fourth-order valence-electron chi connectivity index (χ4n) is 2.80. The van der Waals surface area contributed by atoms with Crippen LogP contribution in [0.2, 0.25) is 0 Å². The molecule has 1 aliphatic rings. The van der Waals surface area contributed by atoms with Gasteiger partial charge in [0.15, 0.2) is 0 Å². The van der Waals surface area contributed by atoms with E-state index in [4.69, 9.17) is 4.74 Å². The minimum absolute atomic E-state index is 0.0698. The summed E-state index contributed by atoms with van der Waals surface area (Å²) in [5, 5.41) is 12.2. The molecule has 1 heterocycles. The molecule has 1 aromatic carbocycles. The third-order valence-electron chi connectivity index (χ3n) is 4.44. The first kappa shape index (κ1) is 18.6. The van der Waals surface area contributed by atoms with Gasteiger partial charge in [-0.3, -0.25) is 0 Å². The Morgan fingerprint density at radius 1 is 1.46 bits per heavy atom. The number of ether oxygens (including phenoxy) is 1. The molecule has 0 radical (unpaired) electrons. The second-order valence-corrected chi connectivity index (χ2v) is 7.08. The fraction of sp³-hybridized carbons (Fsp3) is 0.632. The highest BCUT2D eigenvalue weighted by Crippen LogP contribution is 2.21. The van der Waals surface area contributed by atoms with Crippen molar-refractivity contribution in [1.82, 2.24) is 10.2 Å². The number of benzene rings is 1. The van der Waals surface area contributed by atoms with Crippen LogP contribution in [-0.4, -0.2) is 42.3 Å². The fourth-order valence-corrected chi connectivity index (χ4v) is 2.80. The number of nitrogens with one attached hydrogen (secondary N) is 1. The summed E-state index contributed by atoms with van der Waals surface area (Å²) in [5.41, 5.74) is 2.14. The predicted octanol–water partition coefficient (Wildman–Crippen LogP) is 2.94. The van der Waals surface area contributed by atoms with E-state index in [1.165, 1.54) is 0 Å². The zero-order valence-corrected chi connectivity index (χ0v) is 15.0. The Bertz CT molecular complexity index is 545. The lowest BCUT2D eigenvalue weighted by Gasteiger charge is -2.18. The van der Waals surface area contributed by atoms with E-state index in [0.717, 1.165) is 29.7 Å². The molecule has 1 fully saturated rings. The molecule has 0 aromatic heterocycles. The molecule has 2 amide bonds. The van der Waals surface area contributed by atoms with Crippen molar-refractivity contribution in [3.63, 3.8) is 0 Å². The highest BCUT2D eigenvalue weighted by molar-refractivity contribution is 5.74. The Balaban J connectivity index is 1.90. The monoisotopic (exact) mass is 334 g/mol. The van der Waals surface area contributed by atoms with Crippen LogP contribution in [0, 0.1) is 18.8 Å². The Hall–Kier alpha value is -1.75. The lowest BCUT2D eigenvalue weighted by molar-refractivity contribution is 0.198. The Morgan fingerprint density at radius 2 is 2.25 bits per heavy atom. The highest BCUT2D eigenvalue weighted by Gasteiger charge is 2.25. The van der Waals surface area contributed by atoms with Crippen molar-refractivity contribution in [3.05, 3.63) is 29.3 Å². The van der Waals surface area contributed by atoms with Crippen LogP contribution < -0.4 is 10.1 Å². The molecule has 0 saturated carbocycles. The summed E-state index contributed by atoms with van der Waals surface area (Å²) in [6, 6.07) is 6.01. The Morgan fingerprint density at radius 3 is 2.92 bits per heavy atom. The molecule has 1 atom stereocenters. The Kier molecular flexibility index (Phi) is 6.91. The molecule has 0 spiro atoms. The van der Waals surface area contributed by atoms with Gasteiger partial charge < -0.3 is 20.1 Å². The van der Waals surface area contributed by atoms with Gasteiger partial charge in [-0.05, 0) is 37.3 Å². The van der Waals surface area contributed by atoms with Crippen LogP contribution in [0.15, 0.2) is 18.2 Å². The molecule has 5 heteroatoms. The molecule has 24 heavy (non-hydrogen) atoms. The normalized spacial score (nSPS) is 17.4. The zero-order chi connectivity index (χ0) is 17.5. The minimum atomic E-state index is -0.0698. The van der Waals surface area contributed by atoms with E-state index in [-0.39, 0.29) is 18.6 Å². The van der Waals surface area contributed by atoms with Crippen LogP contribution in [0.3, 0.4) is 0 Å². The van der Waals surface area contributed by atoms with E-state index in [9.17, 15) is 9.90 Å². The molecule has 5 nitrogen and oxygen atoms in total. The minimum Gasteiger partial charge on any atom is -0.493 e. The number of hydrogen-bond donors (Lipinski definition) is 2. The lowest BCUT2D eigenvalue weighted by Crippen LogP contribution is -2.38. The average molecular weight is 334 g/mol. The second kappa shape index (κ2) is 8.92. The predicted molar refractivity (Wildman–Crippen MR) is 95.1 cm³/mol. The number of rotatable bonds is 7. The third kappa shape index (κ3) is 5.41. The maximum atomic E-state index is 12.3. The van der Waals surface area contributed by atoms with Gasteiger partial charge in [0.25, 0.3) is 0 Å². The molecular formula is C19H30N2O3. The topological polar surface area (TPSA) is 61.8 Å². The zero-order valence-electron chi connectivity index (χ0n) is 15.0. The summed E-state index contributed by atoms with van der Waals surface area (Å²) in [6.07, 6.45) is 1.88. The smallest absolute Gasteiger partial charge is 0.317 e. The van der Waals surface area contributed by atoms with Crippen LogP contribution in [0.5, 0.6) is 5.75 Å². The van der Waals surface area contributed by atoms with Crippen LogP contribution in [0.1, 0.15) is 37.8 Å². The largest absolute Gasteiger partial charge is 0.493 e. The van der Waals surface area contributed by atoms with Crippen molar-refractivity contribution in [2.75, 3.05) is 26.3 Å². The number of urea groups is 1. The summed E-state index contributed by atoms with van der Waals surface area (Å²) in [4.78, 5) is 14.0. The highest BCUT2D eigenvalue weighted by atomic mass is 16.5. The van der Waals surface area contributed by atoms with Gasteiger partial charge in [-0.15, -0.1) is 0 Å². The third-order valence-corrected chi connectivity index (χ3v) is 4.44. The van der Waals surface area contributed by atoms with Gasteiger partial charge in [-0.1, -0.05) is 26.0 Å². The van der Waals surface area contributed by atoms with E-state index in [0.29, 0.717) is 32.2 Å². The second-order valence-electron chi connectivity index (χ2n) is 7.08. The van der Waals surface area contributed by atoms with E-state index in [1.54, 1.807) is 4.90 Å². The molecular weight excluding hydrogens is 304 g/mol. The summed E-state index contributed by atoms with van der Waals surface area (Å²) in [6.45, 7) is 9.03. The van der Waals surface area contributed by atoms with Crippen molar-refractivity contribution in [2.45, 2.75) is 40.2 Å². The van der Waals surface area contributed by atoms with E-state index < -0.39 is 0 Å². The van der Waals surface area contributed by atoms with Gasteiger partial charge in [0, 0.05) is 37.7 Å². The average Bonchev–Trinajstić information content (AvgIpc) is 3.02. The molecule has 1 aliphatic heterocycles. The SMILES string of the molecule is Cc1ccc(CNC(=O)N2CCC(CO)C2)c(OCCC(C)C)c1. The van der Waals surface area contributed by atoms with Crippen molar-refractivity contribution in [2.24, 2.45) is 11.8 Å². The number of likely N-dealkylation sites (tertiary alicyclic amines) is 1. The molecule has 2 N–H and O–H groups in total. The first-order valence-electron chi connectivity index (χ1n) is 8.85. The van der Waals surface area contributed by atoms with Crippen LogP contribution >= 0.6 is 0 Å². The van der Waals surface area contributed by atoms with Gasteiger partial charge in [0.05, 0.1) is 6.61 Å². The van der Waals surface area contributed by atoms with Gasteiger partial charge in [-0.2, -0.15) is 0 Å². The number of aliphatic hydroxyl groups is 1. The van der Waals surface area contributed by atoms with Gasteiger partial charge in [0.2, 0.25) is 0 Å². The quantitative estimate of drug-likeness (QED) is 0.806. The van der Waals surface area contributed by atoms with Gasteiger partial charge in [-0.25, -0.2) is 4.79 Å². The summed E-state index contributed by atoms with van der Waals surface area (Å²) >= 11 is 0. The van der Waals surface area contributed by atoms with Crippen LogP contribution in [0.4, 0.5) is 4.79 Å². The number of aliphatic hydroxyl groups excluding tert-OH is 1. The van der Waals surface area contributed by atoms with Crippen molar-refractivity contribution in [1.29, 1.82) is 0 Å². The molecule has 134 valence electrons. The van der Waals surface area contributed by atoms with Gasteiger partial charge >= 0.3 is 6.03 Å². The maximum Gasteiger partial charge on any atom is 0.317 e. The van der Waals surface area contributed by atoms with Gasteiger partial charge in [0.1, 0.15) is 5.75 Å². The van der Waals surface area contributed by atoms with Crippen molar-refractivity contribution in [3.8, 4) is 5.75 Å². The van der Waals surface area contributed by atoms with Crippen molar-refractivity contribution < 1.29 is 14.6 Å². The molecule has 1 saturated heterocycles. The Labute approximate surface area is 145 Å². The molecule has 0 bridgehead atoms. The van der Waals surface area contributed by atoms with Crippen LogP contribution in [0.25, 0.3) is 0 Å². The van der Waals surface area contributed by atoms with E-state index in [2.05, 4.69) is 19.2 Å².